The second-order valence-corrected chi connectivity index (χ2v) is 8.69. The molecular formula is C25H31N3O3. The number of methoxy groups -OCH3 is 1. The Hall–Kier alpha value is -2.86. The van der Waals surface area contributed by atoms with Gasteiger partial charge in [-0.25, -0.2) is 0 Å². The highest BCUT2D eigenvalue weighted by Crippen LogP contribution is 2.35. The number of nitrogens with one attached hydrogen (secondary N) is 2. The van der Waals surface area contributed by atoms with E-state index >= 15 is 0 Å². The molecule has 31 heavy (non-hydrogen) atoms. The van der Waals surface area contributed by atoms with Crippen LogP contribution in [0.2, 0.25) is 0 Å². The average Bonchev–Trinajstić information content (AvgIpc) is 3.32. The van der Waals surface area contributed by atoms with E-state index in [1.54, 1.807) is 14.0 Å². The zero-order valence-corrected chi connectivity index (χ0v) is 19.0. The molecule has 4 rings (SSSR count). The number of benzene rings is 1. The van der Waals surface area contributed by atoms with Gasteiger partial charge in [-0.05, 0) is 88.9 Å². The van der Waals surface area contributed by atoms with Crippen molar-refractivity contribution in [2.75, 3.05) is 20.2 Å². The quantitative estimate of drug-likeness (QED) is 0.562. The zero-order chi connectivity index (χ0) is 22.3. The van der Waals surface area contributed by atoms with Crippen LogP contribution in [0.5, 0.6) is 5.75 Å². The van der Waals surface area contributed by atoms with Crippen LogP contribution in [0.3, 0.4) is 0 Å². The number of ether oxygens (including phenoxy) is 1. The molecule has 3 heterocycles. The maximum Gasteiger partial charge on any atom is 0.196 e. The Balaban J connectivity index is 1.47. The highest BCUT2D eigenvalue weighted by atomic mass is 16.5. The number of carbonyl (C=O) groups is 2. The molecule has 0 spiro atoms. The standard InChI is InChI=1S/C25H31N3O3/c1-14-23(17(4)29)15(2)27-24(14)25(30)16(3)28-10-8-18(9-11-28)21-13-26-22-7-6-19(31-5)12-20(21)22/h6-7,12-13,16,18,26-27H,8-11H2,1-5H3. The van der Waals surface area contributed by atoms with Gasteiger partial charge < -0.3 is 14.7 Å². The van der Waals surface area contributed by atoms with Crippen molar-refractivity contribution in [2.24, 2.45) is 0 Å². The molecule has 6 nitrogen and oxygen atoms in total. The molecule has 1 aliphatic heterocycles. The molecule has 1 aromatic carbocycles. The fourth-order valence-electron chi connectivity index (χ4n) is 5.08. The molecule has 3 aromatic rings. The minimum Gasteiger partial charge on any atom is -0.497 e. The fraction of sp³-hybridized carbons (Fsp3) is 0.440. The van der Waals surface area contributed by atoms with Crippen molar-refractivity contribution < 1.29 is 14.3 Å². The van der Waals surface area contributed by atoms with Crippen molar-refractivity contribution >= 4 is 22.5 Å². The number of nitrogens with zero attached hydrogens (tertiary/aromatic N) is 1. The lowest BCUT2D eigenvalue weighted by Crippen LogP contribution is -2.43. The van der Waals surface area contributed by atoms with Gasteiger partial charge in [-0.15, -0.1) is 0 Å². The molecule has 6 heteroatoms. The van der Waals surface area contributed by atoms with Crippen LogP contribution in [-0.4, -0.2) is 52.7 Å². The summed E-state index contributed by atoms with van der Waals surface area (Å²) in [6.07, 6.45) is 4.12. The van der Waals surface area contributed by atoms with E-state index in [-0.39, 0.29) is 17.6 Å². The van der Waals surface area contributed by atoms with Gasteiger partial charge in [0, 0.05) is 28.4 Å². The van der Waals surface area contributed by atoms with Crippen molar-refractivity contribution in [3.05, 3.63) is 52.5 Å². The Morgan fingerprint density at radius 2 is 1.90 bits per heavy atom. The number of H-pyrrole nitrogens is 2. The van der Waals surface area contributed by atoms with E-state index in [9.17, 15) is 9.59 Å². The van der Waals surface area contributed by atoms with E-state index in [4.69, 9.17) is 4.74 Å². The second-order valence-electron chi connectivity index (χ2n) is 8.69. The minimum atomic E-state index is -0.222. The van der Waals surface area contributed by atoms with Crippen LogP contribution in [0.25, 0.3) is 10.9 Å². The van der Waals surface area contributed by atoms with Crippen molar-refractivity contribution in [1.29, 1.82) is 0 Å². The van der Waals surface area contributed by atoms with Gasteiger partial charge in [0.2, 0.25) is 0 Å². The SMILES string of the molecule is COc1ccc2[nH]cc(C3CCN(C(C)C(=O)c4[nH]c(C)c(C(C)=O)c4C)CC3)c2c1. The fourth-order valence-corrected chi connectivity index (χ4v) is 5.08. The maximum atomic E-state index is 13.2. The van der Waals surface area contributed by atoms with Crippen LogP contribution >= 0.6 is 0 Å². The largest absolute Gasteiger partial charge is 0.497 e. The molecule has 0 bridgehead atoms. The first-order valence-corrected chi connectivity index (χ1v) is 10.9. The summed E-state index contributed by atoms with van der Waals surface area (Å²) in [5.41, 5.74) is 5.21. The Morgan fingerprint density at radius 1 is 1.19 bits per heavy atom. The number of fused-ring (bicyclic) bond motifs is 1. The first-order valence-electron chi connectivity index (χ1n) is 10.9. The summed E-state index contributed by atoms with van der Waals surface area (Å²) in [6, 6.07) is 5.91. The smallest absolute Gasteiger partial charge is 0.196 e. The van der Waals surface area contributed by atoms with Gasteiger partial charge in [0.1, 0.15) is 5.75 Å². The molecule has 2 N–H and O–H groups in total. The summed E-state index contributed by atoms with van der Waals surface area (Å²) in [6.45, 7) is 8.97. The highest BCUT2D eigenvalue weighted by molar-refractivity contribution is 6.05. The molecule has 0 saturated carbocycles. The Kier molecular flexibility index (Phi) is 5.75. The number of rotatable bonds is 6. The number of aromatic nitrogens is 2. The van der Waals surface area contributed by atoms with Crippen LogP contribution in [0.15, 0.2) is 24.4 Å². The van der Waals surface area contributed by atoms with E-state index in [0.29, 0.717) is 17.2 Å². The number of aryl methyl sites for hydroxylation is 1. The summed E-state index contributed by atoms with van der Waals surface area (Å²) in [7, 11) is 1.69. The first-order chi connectivity index (χ1) is 14.8. The van der Waals surface area contributed by atoms with Crippen LogP contribution < -0.4 is 4.74 Å². The van der Waals surface area contributed by atoms with Crippen LogP contribution in [0, 0.1) is 13.8 Å². The Morgan fingerprint density at radius 3 is 2.52 bits per heavy atom. The monoisotopic (exact) mass is 421 g/mol. The number of Topliss-reactive ketones (excluding diaryl/α,β-unsaturated/α-hetero) is 2. The van der Waals surface area contributed by atoms with Crippen molar-refractivity contribution in [2.45, 2.75) is 52.5 Å². The topological polar surface area (TPSA) is 78.2 Å². The van der Waals surface area contributed by atoms with E-state index < -0.39 is 0 Å². The van der Waals surface area contributed by atoms with Crippen molar-refractivity contribution in [1.82, 2.24) is 14.9 Å². The third kappa shape index (κ3) is 3.81. The number of hydrogen-bond acceptors (Lipinski definition) is 4. The van der Waals surface area contributed by atoms with E-state index in [2.05, 4.69) is 33.2 Å². The summed E-state index contributed by atoms with van der Waals surface area (Å²) in [5, 5.41) is 1.22. The van der Waals surface area contributed by atoms with Gasteiger partial charge in [0.25, 0.3) is 0 Å². The Labute approximate surface area is 183 Å². The molecule has 0 amide bonds. The highest BCUT2D eigenvalue weighted by Gasteiger charge is 2.31. The zero-order valence-electron chi connectivity index (χ0n) is 19.0. The third-order valence-corrected chi connectivity index (χ3v) is 6.85. The van der Waals surface area contributed by atoms with Crippen LogP contribution in [0.1, 0.15) is 70.3 Å². The van der Waals surface area contributed by atoms with Crippen LogP contribution in [0.4, 0.5) is 0 Å². The molecule has 0 radical (unpaired) electrons. The van der Waals surface area contributed by atoms with E-state index in [1.807, 2.05) is 26.8 Å². The molecule has 2 aromatic heterocycles. The average molecular weight is 422 g/mol. The number of carbonyl (C=O) groups excluding carboxylic acids is 2. The lowest BCUT2D eigenvalue weighted by Gasteiger charge is -2.35. The molecule has 1 unspecified atom stereocenters. The van der Waals surface area contributed by atoms with Crippen LogP contribution in [-0.2, 0) is 0 Å². The van der Waals surface area contributed by atoms with Gasteiger partial charge in [-0.2, -0.15) is 0 Å². The molecule has 1 atom stereocenters. The van der Waals surface area contributed by atoms with Crippen molar-refractivity contribution in [3.8, 4) is 5.75 Å². The number of likely N-dealkylation sites (tertiary alicyclic amines) is 1. The predicted octanol–water partition coefficient (Wildman–Crippen LogP) is 4.77. The molecular weight excluding hydrogens is 390 g/mol. The number of piperidine rings is 1. The summed E-state index contributed by atoms with van der Waals surface area (Å²) in [5.74, 6) is 1.38. The predicted molar refractivity (Wildman–Crippen MR) is 122 cm³/mol. The van der Waals surface area contributed by atoms with E-state index in [1.165, 1.54) is 10.9 Å². The Bertz CT molecular complexity index is 1130. The normalized spacial score (nSPS) is 16.5. The maximum absolute atomic E-state index is 13.2. The van der Waals surface area contributed by atoms with Gasteiger partial charge in [0.15, 0.2) is 11.6 Å². The summed E-state index contributed by atoms with van der Waals surface area (Å²) >= 11 is 0. The molecule has 1 aliphatic rings. The summed E-state index contributed by atoms with van der Waals surface area (Å²) in [4.78, 5) is 33.9. The molecule has 0 aliphatic carbocycles. The van der Waals surface area contributed by atoms with Gasteiger partial charge >= 0.3 is 0 Å². The number of aromatic amines is 2. The molecule has 1 fully saturated rings. The molecule has 164 valence electrons. The number of hydrogen-bond donors (Lipinski definition) is 2. The summed E-state index contributed by atoms with van der Waals surface area (Å²) < 4.78 is 5.40. The second kappa shape index (κ2) is 8.35. The van der Waals surface area contributed by atoms with E-state index in [0.717, 1.165) is 48.5 Å². The van der Waals surface area contributed by atoms with Gasteiger partial charge in [-0.1, -0.05) is 0 Å². The van der Waals surface area contributed by atoms with Gasteiger partial charge in [0.05, 0.1) is 18.8 Å². The molecule has 1 saturated heterocycles. The van der Waals surface area contributed by atoms with Gasteiger partial charge in [-0.3, -0.25) is 14.5 Å². The number of ketones is 2. The minimum absolute atomic E-state index is 0.00544. The first kappa shape index (κ1) is 21.4. The van der Waals surface area contributed by atoms with Crippen molar-refractivity contribution in [3.63, 3.8) is 0 Å². The lowest BCUT2D eigenvalue weighted by atomic mass is 9.88. The lowest BCUT2D eigenvalue weighted by molar-refractivity contribution is 0.0791. The third-order valence-electron chi connectivity index (χ3n) is 6.85.